The fourth-order valence-electron chi connectivity index (χ4n) is 4.51. The maximum atomic E-state index is 12.7. The summed E-state index contributed by atoms with van der Waals surface area (Å²) in [6.45, 7) is 23.4. The molecule has 2 aromatic carbocycles. The van der Waals surface area contributed by atoms with Gasteiger partial charge in [-0.15, -0.1) is 0 Å². The Balaban J connectivity index is 3.22. The smallest absolute Gasteiger partial charge is 0.335 e. The normalized spacial score (nSPS) is 10.4. The van der Waals surface area contributed by atoms with Gasteiger partial charge in [-0.1, -0.05) is 13.2 Å². The van der Waals surface area contributed by atoms with Crippen LogP contribution in [0.1, 0.15) is 63.8 Å². The van der Waals surface area contributed by atoms with Gasteiger partial charge in [0, 0.05) is 40.8 Å². The van der Waals surface area contributed by atoms with Gasteiger partial charge < -0.3 is 37.9 Å². The summed E-state index contributed by atoms with van der Waals surface area (Å²) in [4.78, 5) is 25.3. The zero-order valence-corrected chi connectivity index (χ0v) is 26.6. The predicted octanol–water partition coefficient (Wildman–Crippen LogP) is 6.47. The number of carbonyl (C=O) groups is 2. The molecule has 0 aliphatic heterocycles. The van der Waals surface area contributed by atoms with E-state index in [1.165, 1.54) is 0 Å². The molecular weight excluding hydrogens is 556 g/mol. The Labute approximate surface area is 254 Å². The summed E-state index contributed by atoms with van der Waals surface area (Å²) in [6.07, 6.45) is 2.08. The van der Waals surface area contributed by atoms with E-state index in [9.17, 15) is 9.59 Å². The average molecular weight is 601 g/mol. The van der Waals surface area contributed by atoms with E-state index in [1.807, 2.05) is 41.5 Å². The van der Waals surface area contributed by atoms with Crippen molar-refractivity contribution in [2.45, 2.75) is 61.8 Å². The summed E-state index contributed by atoms with van der Waals surface area (Å²) in [5.74, 6) is 0.906. The van der Waals surface area contributed by atoms with Crippen LogP contribution in [0.25, 0.3) is 0 Å². The third-order valence-electron chi connectivity index (χ3n) is 6.11. The van der Waals surface area contributed by atoms with Crippen molar-refractivity contribution in [3.63, 3.8) is 0 Å². The van der Waals surface area contributed by atoms with Crippen LogP contribution in [0.2, 0.25) is 0 Å². The van der Waals surface area contributed by atoms with Crippen LogP contribution >= 0.6 is 0 Å². The zero-order valence-electron chi connectivity index (χ0n) is 26.6. The summed E-state index contributed by atoms with van der Waals surface area (Å²) in [5, 5.41) is 0. The predicted molar refractivity (Wildman–Crippen MR) is 164 cm³/mol. The molecule has 236 valence electrons. The average Bonchev–Trinajstić information content (AvgIpc) is 2.99. The van der Waals surface area contributed by atoms with Crippen LogP contribution in [-0.4, -0.2) is 51.6 Å². The summed E-state index contributed by atoms with van der Waals surface area (Å²) >= 11 is 0. The minimum Gasteiger partial charge on any atom is -0.490 e. The number of carbonyl (C=O) groups excluding carboxylic acids is 2. The molecule has 0 aliphatic carbocycles. The lowest BCUT2D eigenvalue weighted by Gasteiger charge is -2.26. The van der Waals surface area contributed by atoms with Crippen LogP contribution in [0.3, 0.4) is 0 Å². The molecule has 0 aliphatic rings. The second kappa shape index (κ2) is 16.9. The van der Waals surface area contributed by atoms with Gasteiger partial charge in [0.2, 0.25) is 0 Å². The molecule has 0 N–H and O–H groups in total. The Hall–Kier alpha value is -4.34. The summed E-state index contributed by atoms with van der Waals surface area (Å²) in [6, 6.07) is 0. The first-order valence-corrected chi connectivity index (χ1v) is 14.5. The van der Waals surface area contributed by atoms with Gasteiger partial charge in [0.25, 0.3) is 0 Å². The molecule has 0 spiro atoms. The van der Waals surface area contributed by atoms with Crippen molar-refractivity contribution in [1.82, 2.24) is 0 Å². The molecular formula is C33H44O10. The fourth-order valence-corrected chi connectivity index (χ4v) is 4.51. The highest BCUT2D eigenvalue weighted by molar-refractivity contribution is 5.86. The van der Waals surface area contributed by atoms with Gasteiger partial charge >= 0.3 is 11.9 Å². The standard InChI is InChI=1S/C33H44O10/c1-11-24(34)42-32-22(30(40-17-7)26(36-13-3)20(9)28(32)38-15-5)19-23-31(41-18-8)27(37-14-4)21(10)29(39-16-6)33(23)43-25(35)12-2/h11-12H,1-2,13-19H2,3-10H3. The van der Waals surface area contributed by atoms with Crippen molar-refractivity contribution < 1.29 is 47.5 Å². The van der Waals surface area contributed by atoms with E-state index in [0.717, 1.165) is 12.2 Å². The summed E-state index contributed by atoms with van der Waals surface area (Å²) in [7, 11) is 0. The van der Waals surface area contributed by atoms with Crippen molar-refractivity contribution in [1.29, 1.82) is 0 Å². The van der Waals surface area contributed by atoms with E-state index >= 15 is 0 Å². The van der Waals surface area contributed by atoms with E-state index in [0.29, 0.717) is 70.0 Å². The molecule has 0 saturated heterocycles. The first-order chi connectivity index (χ1) is 20.7. The van der Waals surface area contributed by atoms with Gasteiger partial charge in [-0.25, -0.2) is 9.59 Å². The number of hydrogen-bond acceptors (Lipinski definition) is 10. The topological polar surface area (TPSA) is 108 Å². The molecule has 0 atom stereocenters. The minimum atomic E-state index is -0.703. The Morgan fingerprint density at radius 1 is 0.488 bits per heavy atom. The second-order valence-electron chi connectivity index (χ2n) is 8.87. The van der Waals surface area contributed by atoms with E-state index in [4.69, 9.17) is 37.9 Å². The lowest BCUT2D eigenvalue weighted by Crippen LogP contribution is -2.15. The second-order valence-corrected chi connectivity index (χ2v) is 8.87. The molecule has 0 heterocycles. The third kappa shape index (κ3) is 7.94. The first-order valence-electron chi connectivity index (χ1n) is 14.5. The molecule has 0 bridgehead atoms. The van der Waals surface area contributed by atoms with Crippen LogP contribution < -0.4 is 37.9 Å². The Morgan fingerprint density at radius 2 is 0.744 bits per heavy atom. The van der Waals surface area contributed by atoms with Gasteiger partial charge in [0.15, 0.2) is 46.0 Å². The number of benzene rings is 2. The molecule has 0 fully saturated rings. The monoisotopic (exact) mass is 600 g/mol. The molecule has 2 rings (SSSR count). The Bertz CT molecular complexity index is 1210. The van der Waals surface area contributed by atoms with Crippen LogP contribution in [0.4, 0.5) is 0 Å². The van der Waals surface area contributed by atoms with Crippen molar-refractivity contribution in [2.75, 3.05) is 39.6 Å². The van der Waals surface area contributed by atoms with Gasteiger partial charge in [0.05, 0.1) is 39.6 Å². The highest BCUT2D eigenvalue weighted by atomic mass is 16.6. The summed E-state index contributed by atoms with van der Waals surface area (Å²) < 4.78 is 48.1. The number of ether oxygens (including phenoxy) is 8. The number of rotatable bonds is 18. The van der Waals surface area contributed by atoms with Gasteiger partial charge in [-0.2, -0.15) is 0 Å². The maximum Gasteiger partial charge on any atom is 0.335 e. The highest BCUT2D eigenvalue weighted by Crippen LogP contribution is 2.54. The van der Waals surface area contributed by atoms with E-state index < -0.39 is 11.9 Å². The van der Waals surface area contributed by atoms with E-state index in [1.54, 1.807) is 13.8 Å². The number of hydrogen-bond donors (Lipinski definition) is 0. The maximum absolute atomic E-state index is 12.7. The van der Waals surface area contributed by atoms with Gasteiger partial charge in [-0.3, -0.25) is 0 Å². The van der Waals surface area contributed by atoms with Crippen LogP contribution in [0, 0.1) is 13.8 Å². The van der Waals surface area contributed by atoms with E-state index in [-0.39, 0.29) is 44.3 Å². The van der Waals surface area contributed by atoms with Gasteiger partial charge in [-0.05, 0) is 55.4 Å². The van der Waals surface area contributed by atoms with Crippen molar-refractivity contribution >= 4 is 11.9 Å². The zero-order chi connectivity index (χ0) is 32.1. The van der Waals surface area contributed by atoms with Crippen molar-refractivity contribution in [3.8, 4) is 46.0 Å². The summed E-state index contributed by atoms with van der Waals surface area (Å²) in [5.41, 5.74) is 1.94. The fraction of sp³-hybridized carbons (Fsp3) is 0.455. The molecule has 0 radical (unpaired) electrons. The molecule has 2 aromatic rings. The number of esters is 2. The third-order valence-corrected chi connectivity index (χ3v) is 6.11. The Kier molecular flexibility index (Phi) is 13.7. The molecule has 0 saturated carbocycles. The van der Waals surface area contributed by atoms with Crippen LogP contribution in [-0.2, 0) is 16.0 Å². The molecule has 0 aromatic heterocycles. The Morgan fingerprint density at radius 3 is 1.00 bits per heavy atom. The van der Waals surface area contributed by atoms with Crippen molar-refractivity contribution in [2.24, 2.45) is 0 Å². The van der Waals surface area contributed by atoms with Gasteiger partial charge in [0.1, 0.15) is 0 Å². The quantitative estimate of drug-likeness (QED) is 0.107. The molecule has 10 heteroatoms. The molecule has 0 unspecified atom stereocenters. The largest absolute Gasteiger partial charge is 0.490 e. The molecule has 10 nitrogen and oxygen atoms in total. The van der Waals surface area contributed by atoms with Crippen LogP contribution in [0.15, 0.2) is 25.3 Å². The first kappa shape index (κ1) is 34.9. The van der Waals surface area contributed by atoms with E-state index in [2.05, 4.69) is 13.2 Å². The lowest BCUT2D eigenvalue weighted by molar-refractivity contribution is -0.130. The lowest BCUT2D eigenvalue weighted by atomic mass is 9.95. The van der Waals surface area contributed by atoms with Crippen molar-refractivity contribution in [3.05, 3.63) is 47.6 Å². The molecule has 43 heavy (non-hydrogen) atoms. The van der Waals surface area contributed by atoms with Crippen LogP contribution in [0.5, 0.6) is 46.0 Å². The molecule has 0 amide bonds. The highest BCUT2D eigenvalue weighted by Gasteiger charge is 2.33. The minimum absolute atomic E-state index is 0.0367. The SMILES string of the molecule is C=CC(=O)Oc1c(Cc2c(OCC)c(OCC)c(C)c(OCC)c2OC(=O)C=C)c(OCC)c(OCC)c(C)c1OCC.